The third-order valence-corrected chi connectivity index (χ3v) is 4.57. The molecule has 1 aromatic carbocycles. The lowest BCUT2D eigenvalue weighted by Gasteiger charge is -2.13. The van der Waals surface area contributed by atoms with Gasteiger partial charge in [-0.25, -0.2) is 0 Å². The summed E-state index contributed by atoms with van der Waals surface area (Å²) in [6.07, 6.45) is 1.77. The van der Waals surface area contributed by atoms with Gasteiger partial charge in [0.25, 0.3) is 5.91 Å². The summed E-state index contributed by atoms with van der Waals surface area (Å²) >= 11 is 6.19. The normalized spacial score (nSPS) is 22.3. The van der Waals surface area contributed by atoms with E-state index in [1.807, 2.05) is 0 Å². The van der Waals surface area contributed by atoms with Gasteiger partial charge < -0.3 is 24.4 Å². The van der Waals surface area contributed by atoms with Crippen LogP contribution in [0.1, 0.15) is 24.8 Å². The number of carbonyl (C=O) groups is 1. The van der Waals surface area contributed by atoms with Gasteiger partial charge in [-0.2, -0.15) is 0 Å². The summed E-state index contributed by atoms with van der Waals surface area (Å²) in [5, 5.41) is 7.33. The summed E-state index contributed by atoms with van der Waals surface area (Å²) in [6, 6.07) is 3.39. The highest BCUT2D eigenvalue weighted by atomic mass is 35.5. The summed E-state index contributed by atoms with van der Waals surface area (Å²) in [5.74, 6) is 0.865. The number of carbonyl (C=O) groups excluding carboxylic acids is 1. The number of hydrogen-bond donors (Lipinski definition) is 1. The molecule has 1 N–H and O–H groups in total. The van der Waals surface area contributed by atoms with Crippen molar-refractivity contribution in [3.8, 4) is 11.5 Å². The van der Waals surface area contributed by atoms with Crippen LogP contribution in [-0.4, -0.2) is 51.2 Å². The molecule has 1 amide bonds. The lowest BCUT2D eigenvalue weighted by molar-refractivity contribution is -0.131. The molecule has 7 nitrogen and oxygen atoms in total. The second kappa shape index (κ2) is 7.93. The molecule has 1 saturated heterocycles. The highest BCUT2D eigenvalue weighted by molar-refractivity contribution is 6.32. The van der Waals surface area contributed by atoms with Crippen molar-refractivity contribution in [2.45, 2.75) is 31.5 Å². The van der Waals surface area contributed by atoms with Gasteiger partial charge in [-0.3, -0.25) is 4.79 Å². The zero-order chi connectivity index (χ0) is 17.8. The molecule has 136 valence electrons. The highest BCUT2D eigenvalue weighted by Gasteiger charge is 2.31. The fourth-order valence-electron chi connectivity index (χ4n) is 2.90. The largest absolute Gasteiger partial charge is 0.496 e. The van der Waals surface area contributed by atoms with Crippen LogP contribution in [0.2, 0.25) is 5.02 Å². The number of ether oxygens (including phenoxy) is 3. The van der Waals surface area contributed by atoms with Gasteiger partial charge in [-0.1, -0.05) is 16.8 Å². The van der Waals surface area contributed by atoms with E-state index in [-0.39, 0.29) is 12.0 Å². The van der Waals surface area contributed by atoms with Crippen molar-refractivity contribution >= 4 is 23.2 Å². The molecule has 2 atom stereocenters. The molecule has 0 saturated carbocycles. The third-order valence-electron chi connectivity index (χ3n) is 4.27. The lowest BCUT2D eigenvalue weighted by atomic mass is 10.0. The van der Waals surface area contributed by atoms with Crippen molar-refractivity contribution in [2.75, 3.05) is 27.4 Å². The summed E-state index contributed by atoms with van der Waals surface area (Å²) in [4.78, 5) is 17.6. The Labute approximate surface area is 151 Å². The van der Waals surface area contributed by atoms with E-state index in [1.54, 1.807) is 19.2 Å². The van der Waals surface area contributed by atoms with E-state index >= 15 is 0 Å². The second-order valence-electron chi connectivity index (χ2n) is 5.90. The Hall–Kier alpha value is -1.99. The van der Waals surface area contributed by atoms with Crippen LogP contribution in [0.3, 0.4) is 0 Å². The molecule has 3 rings (SSSR count). The smallest absolute Gasteiger partial charge is 0.264 e. The molecule has 0 aromatic heterocycles. The molecular weight excluding hydrogens is 348 g/mol. The first-order valence-corrected chi connectivity index (χ1v) is 8.54. The fourth-order valence-corrected chi connectivity index (χ4v) is 3.14. The van der Waals surface area contributed by atoms with Crippen molar-refractivity contribution in [1.82, 2.24) is 5.32 Å². The number of methoxy groups -OCH3 is 2. The van der Waals surface area contributed by atoms with Gasteiger partial charge in [0.1, 0.15) is 11.5 Å². The SMILES string of the molecule is COc1cc(OC)c(C2=NO[C@@H](C(=O)NC[C@H]3CCCO3)C2)cc1Cl. The highest BCUT2D eigenvalue weighted by Crippen LogP contribution is 2.34. The maximum atomic E-state index is 12.3. The van der Waals surface area contributed by atoms with Crippen molar-refractivity contribution in [1.29, 1.82) is 0 Å². The minimum absolute atomic E-state index is 0.0891. The van der Waals surface area contributed by atoms with E-state index in [2.05, 4.69) is 10.5 Å². The zero-order valence-corrected chi connectivity index (χ0v) is 15.0. The van der Waals surface area contributed by atoms with Crippen LogP contribution >= 0.6 is 11.6 Å². The molecule has 0 spiro atoms. The molecule has 2 aliphatic heterocycles. The summed E-state index contributed by atoms with van der Waals surface area (Å²) in [7, 11) is 3.08. The van der Waals surface area contributed by atoms with Gasteiger partial charge in [0, 0.05) is 31.2 Å². The van der Waals surface area contributed by atoms with Gasteiger partial charge in [0.15, 0.2) is 0 Å². The van der Waals surface area contributed by atoms with Crippen molar-refractivity contribution in [3.63, 3.8) is 0 Å². The number of rotatable bonds is 6. The van der Waals surface area contributed by atoms with Crippen LogP contribution in [0.5, 0.6) is 11.5 Å². The molecular formula is C17H21ClN2O5. The predicted molar refractivity (Wildman–Crippen MR) is 92.6 cm³/mol. The van der Waals surface area contributed by atoms with E-state index < -0.39 is 6.10 Å². The second-order valence-corrected chi connectivity index (χ2v) is 6.31. The van der Waals surface area contributed by atoms with Gasteiger partial charge >= 0.3 is 0 Å². The molecule has 25 heavy (non-hydrogen) atoms. The molecule has 1 fully saturated rings. The van der Waals surface area contributed by atoms with Crippen molar-refractivity contribution in [2.24, 2.45) is 5.16 Å². The zero-order valence-electron chi connectivity index (χ0n) is 14.2. The minimum Gasteiger partial charge on any atom is -0.496 e. The first kappa shape index (κ1) is 17.8. The van der Waals surface area contributed by atoms with Gasteiger partial charge in [0.2, 0.25) is 6.10 Å². The van der Waals surface area contributed by atoms with Crippen LogP contribution in [0, 0.1) is 0 Å². The van der Waals surface area contributed by atoms with E-state index in [9.17, 15) is 4.79 Å². The standard InChI is InChI=1S/C17H21ClN2O5/c1-22-14-8-15(23-2)12(18)6-11(14)13-7-16(25-20-13)17(21)19-9-10-4-3-5-24-10/h6,8,10,16H,3-5,7,9H2,1-2H3,(H,19,21)/t10-,16-/m1/s1. The lowest BCUT2D eigenvalue weighted by Crippen LogP contribution is -2.39. The first-order chi connectivity index (χ1) is 12.1. The molecule has 2 aliphatic rings. The predicted octanol–water partition coefficient (Wildman–Crippen LogP) is 2.15. The molecule has 0 radical (unpaired) electrons. The Morgan fingerprint density at radius 1 is 1.36 bits per heavy atom. The van der Waals surface area contributed by atoms with Gasteiger partial charge in [0.05, 0.1) is 31.1 Å². The van der Waals surface area contributed by atoms with Crippen LogP contribution in [-0.2, 0) is 14.4 Å². The quantitative estimate of drug-likeness (QED) is 0.832. The van der Waals surface area contributed by atoms with E-state index in [0.29, 0.717) is 40.8 Å². The Morgan fingerprint density at radius 3 is 2.84 bits per heavy atom. The maximum Gasteiger partial charge on any atom is 0.264 e. The molecule has 8 heteroatoms. The summed E-state index contributed by atoms with van der Waals surface area (Å²) < 4.78 is 16.1. The van der Waals surface area contributed by atoms with Crippen LogP contribution < -0.4 is 14.8 Å². The Bertz CT molecular complexity index is 673. The maximum absolute atomic E-state index is 12.3. The first-order valence-electron chi connectivity index (χ1n) is 8.16. The number of halogens is 1. The van der Waals surface area contributed by atoms with Gasteiger partial charge in [-0.15, -0.1) is 0 Å². The van der Waals surface area contributed by atoms with Crippen molar-refractivity contribution in [3.05, 3.63) is 22.7 Å². The molecule has 1 aromatic rings. The number of benzene rings is 1. The average molecular weight is 369 g/mol. The monoisotopic (exact) mass is 368 g/mol. The molecule has 0 aliphatic carbocycles. The fraction of sp³-hybridized carbons (Fsp3) is 0.529. The summed E-state index contributed by atoms with van der Waals surface area (Å²) in [6.45, 7) is 1.25. The number of amides is 1. The summed E-state index contributed by atoms with van der Waals surface area (Å²) in [5.41, 5.74) is 1.29. The van der Waals surface area contributed by atoms with E-state index in [1.165, 1.54) is 7.11 Å². The van der Waals surface area contributed by atoms with Crippen LogP contribution in [0.25, 0.3) is 0 Å². The molecule has 2 heterocycles. The number of oxime groups is 1. The molecule has 0 bridgehead atoms. The number of nitrogens with zero attached hydrogens (tertiary/aromatic N) is 1. The molecule has 0 unspecified atom stereocenters. The average Bonchev–Trinajstić information content (AvgIpc) is 3.31. The number of hydrogen-bond acceptors (Lipinski definition) is 6. The van der Waals surface area contributed by atoms with Gasteiger partial charge in [-0.05, 0) is 18.9 Å². The Morgan fingerprint density at radius 2 is 2.16 bits per heavy atom. The van der Waals surface area contributed by atoms with Crippen molar-refractivity contribution < 1.29 is 23.8 Å². The minimum atomic E-state index is -0.665. The van der Waals surface area contributed by atoms with E-state index in [4.69, 9.17) is 30.6 Å². The van der Waals surface area contributed by atoms with Crippen LogP contribution in [0.4, 0.5) is 0 Å². The Balaban J connectivity index is 1.63. The Kier molecular flexibility index (Phi) is 5.65. The third kappa shape index (κ3) is 3.99. The number of nitrogens with one attached hydrogen (secondary N) is 1. The topological polar surface area (TPSA) is 78.4 Å². The van der Waals surface area contributed by atoms with E-state index in [0.717, 1.165) is 19.4 Å². The van der Waals surface area contributed by atoms with Crippen LogP contribution in [0.15, 0.2) is 17.3 Å².